The van der Waals surface area contributed by atoms with Crippen LogP contribution in [0, 0.1) is 0 Å². The second-order valence-electron chi connectivity index (χ2n) is 3.41. The van der Waals surface area contributed by atoms with Gasteiger partial charge in [0.1, 0.15) is 0 Å². The first-order chi connectivity index (χ1) is 7.78. The van der Waals surface area contributed by atoms with Gasteiger partial charge in [0, 0.05) is 26.2 Å². The first kappa shape index (κ1) is 15.3. The van der Waals surface area contributed by atoms with Crippen molar-refractivity contribution in [3.63, 3.8) is 0 Å². The Balaban J connectivity index is 3.52. The molecule has 0 saturated carbocycles. The summed E-state index contributed by atoms with van der Waals surface area (Å²) in [6, 6.07) is 0. The number of aliphatic hydroxyl groups is 2. The van der Waals surface area contributed by atoms with Crippen molar-refractivity contribution in [3.8, 4) is 0 Å². The lowest BCUT2D eigenvalue weighted by molar-refractivity contribution is -0.137. The Morgan fingerprint density at radius 2 is 1.69 bits per heavy atom. The Hall–Kier alpha value is -0.690. The van der Waals surface area contributed by atoms with Crippen LogP contribution in [0.15, 0.2) is 0 Å². The van der Waals surface area contributed by atoms with Crippen molar-refractivity contribution in [2.24, 2.45) is 0 Å². The highest BCUT2D eigenvalue weighted by Gasteiger charge is 2.03. The van der Waals surface area contributed by atoms with E-state index in [9.17, 15) is 4.79 Å². The normalized spacial score (nSPS) is 10.8. The highest BCUT2D eigenvalue weighted by atomic mass is 16.7. The summed E-state index contributed by atoms with van der Waals surface area (Å²) in [7, 11) is 1.57. The Morgan fingerprint density at radius 1 is 1.06 bits per heavy atom. The van der Waals surface area contributed by atoms with Crippen molar-refractivity contribution in [3.05, 3.63) is 0 Å². The Morgan fingerprint density at radius 3 is 2.19 bits per heavy atom. The smallest absolute Gasteiger partial charge is 0.209 e. The van der Waals surface area contributed by atoms with Crippen LogP contribution < -0.4 is 0 Å². The summed E-state index contributed by atoms with van der Waals surface area (Å²) in [5.41, 5.74) is 0. The summed E-state index contributed by atoms with van der Waals surface area (Å²) in [6.45, 7) is 2.30. The van der Waals surface area contributed by atoms with Crippen LogP contribution in [0.4, 0.5) is 0 Å². The number of hydroxylamine groups is 2. The molecule has 0 aromatic rings. The summed E-state index contributed by atoms with van der Waals surface area (Å²) in [4.78, 5) is 17.1. The van der Waals surface area contributed by atoms with Crippen LogP contribution in [0.1, 0.15) is 12.8 Å². The molecule has 0 aromatic heterocycles. The van der Waals surface area contributed by atoms with Crippen LogP contribution in [0.5, 0.6) is 0 Å². The molecule has 0 aliphatic rings. The van der Waals surface area contributed by atoms with E-state index in [1.165, 1.54) is 0 Å². The first-order valence-corrected chi connectivity index (χ1v) is 5.48. The predicted molar refractivity (Wildman–Crippen MR) is 59.6 cm³/mol. The molecule has 0 fully saturated rings. The van der Waals surface area contributed by atoms with Crippen LogP contribution >= 0.6 is 0 Å². The number of hydrogen-bond acceptors (Lipinski definition) is 5. The molecule has 0 bridgehead atoms. The van der Waals surface area contributed by atoms with E-state index in [1.807, 2.05) is 0 Å². The fourth-order valence-electron chi connectivity index (χ4n) is 1.35. The quantitative estimate of drug-likeness (QED) is 0.274. The fourth-order valence-corrected chi connectivity index (χ4v) is 1.35. The minimum absolute atomic E-state index is 0.00650. The minimum Gasteiger partial charge on any atom is -0.395 e. The third kappa shape index (κ3) is 7.58. The Bertz CT molecular complexity index is 169. The molecule has 0 rings (SSSR count). The van der Waals surface area contributed by atoms with Crippen LogP contribution in [-0.2, 0) is 9.63 Å². The molecule has 0 aromatic carbocycles. The average Bonchev–Trinajstić information content (AvgIpc) is 2.31. The predicted octanol–water partition coefficient (Wildman–Crippen LogP) is -0.927. The van der Waals surface area contributed by atoms with E-state index in [0.717, 1.165) is 25.8 Å². The van der Waals surface area contributed by atoms with Gasteiger partial charge in [-0.2, -0.15) is 5.06 Å². The Labute approximate surface area is 96.4 Å². The molecule has 0 aliphatic carbocycles. The van der Waals surface area contributed by atoms with Crippen molar-refractivity contribution >= 4 is 6.41 Å². The molecule has 0 saturated heterocycles. The number of nitrogens with zero attached hydrogens (tertiary/aromatic N) is 2. The van der Waals surface area contributed by atoms with Crippen LogP contribution in [0.3, 0.4) is 0 Å². The zero-order valence-electron chi connectivity index (χ0n) is 9.84. The number of rotatable bonds is 11. The second-order valence-corrected chi connectivity index (χ2v) is 3.41. The van der Waals surface area contributed by atoms with Gasteiger partial charge in [-0.25, -0.2) is 0 Å². The van der Waals surface area contributed by atoms with E-state index in [4.69, 9.17) is 15.1 Å². The first-order valence-electron chi connectivity index (χ1n) is 5.48. The lowest BCUT2D eigenvalue weighted by atomic mass is 10.3. The summed E-state index contributed by atoms with van der Waals surface area (Å²) in [6.07, 6.45) is 2.48. The highest BCUT2D eigenvalue weighted by Crippen LogP contribution is 1.97. The molecule has 96 valence electrons. The minimum atomic E-state index is -0.00650. The molecule has 0 spiro atoms. The van der Waals surface area contributed by atoms with Gasteiger partial charge in [0.05, 0.1) is 20.3 Å². The van der Waals surface area contributed by atoms with Crippen molar-refractivity contribution in [1.82, 2.24) is 9.96 Å². The van der Waals surface area contributed by atoms with Crippen molar-refractivity contribution in [1.29, 1.82) is 0 Å². The standard InChI is InChI=1S/C10H22N2O4/c1-16-12(7-9-14)5-3-2-4-11(10-15)6-8-13/h10,13-14H,2-9H2,1H3. The molecular formula is C10H22N2O4. The molecule has 0 heterocycles. The third-order valence-corrected chi connectivity index (χ3v) is 2.25. The second kappa shape index (κ2) is 10.8. The van der Waals surface area contributed by atoms with Crippen LogP contribution in [0.2, 0.25) is 0 Å². The maximum Gasteiger partial charge on any atom is 0.209 e. The van der Waals surface area contributed by atoms with Gasteiger partial charge in [0.25, 0.3) is 0 Å². The van der Waals surface area contributed by atoms with Crippen LogP contribution in [-0.4, -0.2) is 73.1 Å². The molecule has 6 heteroatoms. The molecular weight excluding hydrogens is 212 g/mol. The van der Waals surface area contributed by atoms with E-state index in [-0.39, 0.29) is 13.2 Å². The number of hydrogen-bond donors (Lipinski definition) is 2. The number of amides is 1. The maximum atomic E-state index is 10.5. The van der Waals surface area contributed by atoms with Crippen molar-refractivity contribution < 1.29 is 19.8 Å². The highest BCUT2D eigenvalue weighted by molar-refractivity contribution is 5.46. The summed E-state index contributed by atoms with van der Waals surface area (Å²) < 4.78 is 0. The number of carbonyl (C=O) groups excluding carboxylic acids is 1. The molecule has 1 amide bonds. The fraction of sp³-hybridized carbons (Fsp3) is 0.900. The number of aliphatic hydroxyl groups excluding tert-OH is 2. The van der Waals surface area contributed by atoms with Gasteiger partial charge < -0.3 is 20.0 Å². The van der Waals surface area contributed by atoms with Gasteiger partial charge in [-0.05, 0) is 12.8 Å². The lowest BCUT2D eigenvalue weighted by Crippen LogP contribution is -2.29. The van der Waals surface area contributed by atoms with E-state index < -0.39 is 0 Å². The number of unbranched alkanes of at least 4 members (excludes halogenated alkanes) is 1. The van der Waals surface area contributed by atoms with E-state index in [2.05, 4.69) is 0 Å². The van der Waals surface area contributed by atoms with E-state index >= 15 is 0 Å². The molecule has 0 atom stereocenters. The Kier molecular flexibility index (Phi) is 10.3. The molecule has 0 aliphatic heterocycles. The van der Waals surface area contributed by atoms with Crippen LogP contribution in [0.25, 0.3) is 0 Å². The average molecular weight is 234 g/mol. The molecule has 16 heavy (non-hydrogen) atoms. The third-order valence-electron chi connectivity index (χ3n) is 2.25. The molecule has 6 nitrogen and oxygen atoms in total. The van der Waals surface area contributed by atoms with Gasteiger partial charge in [-0.3, -0.25) is 4.79 Å². The summed E-state index contributed by atoms with van der Waals surface area (Å²) in [5.74, 6) is 0. The zero-order chi connectivity index (χ0) is 12.2. The largest absolute Gasteiger partial charge is 0.395 e. The maximum absolute atomic E-state index is 10.5. The lowest BCUT2D eigenvalue weighted by Gasteiger charge is -2.19. The van der Waals surface area contributed by atoms with E-state index in [1.54, 1.807) is 17.1 Å². The summed E-state index contributed by atoms with van der Waals surface area (Å²) >= 11 is 0. The zero-order valence-corrected chi connectivity index (χ0v) is 9.84. The van der Waals surface area contributed by atoms with Gasteiger partial charge >= 0.3 is 0 Å². The molecule has 2 N–H and O–H groups in total. The topological polar surface area (TPSA) is 73.2 Å². The van der Waals surface area contributed by atoms with Gasteiger partial charge in [0.2, 0.25) is 6.41 Å². The van der Waals surface area contributed by atoms with Crippen molar-refractivity contribution in [2.75, 3.05) is 46.5 Å². The van der Waals surface area contributed by atoms with Gasteiger partial charge in [-0.1, -0.05) is 0 Å². The monoisotopic (exact) mass is 234 g/mol. The summed E-state index contributed by atoms with van der Waals surface area (Å²) in [5, 5.41) is 19.1. The van der Waals surface area contributed by atoms with Crippen molar-refractivity contribution in [2.45, 2.75) is 12.8 Å². The van der Waals surface area contributed by atoms with E-state index in [0.29, 0.717) is 19.6 Å². The molecule has 0 unspecified atom stereocenters. The molecule has 0 radical (unpaired) electrons. The number of carbonyl (C=O) groups is 1. The van der Waals surface area contributed by atoms with Gasteiger partial charge in [-0.15, -0.1) is 0 Å². The SMILES string of the molecule is CON(CCO)CCCCN(C=O)CCO. The van der Waals surface area contributed by atoms with Gasteiger partial charge in [0.15, 0.2) is 0 Å².